The number of carbonyl (C=O) groups excluding carboxylic acids is 2. The van der Waals surface area contributed by atoms with Gasteiger partial charge in [-0.2, -0.15) is 0 Å². The Morgan fingerprint density at radius 3 is 2.30 bits per heavy atom. The normalized spacial score (nSPS) is 11.4. The first-order valence-corrected chi connectivity index (χ1v) is 6.60. The molecular formula is C16H22N2O2. The fraction of sp³-hybridized carbons (Fsp3) is 0.375. The van der Waals surface area contributed by atoms with Gasteiger partial charge in [0, 0.05) is 20.2 Å². The minimum Gasteiger partial charge on any atom is -0.349 e. The van der Waals surface area contributed by atoms with Crippen molar-refractivity contribution in [3.05, 3.63) is 47.5 Å². The average molecular weight is 274 g/mol. The van der Waals surface area contributed by atoms with E-state index < -0.39 is 0 Å². The highest BCUT2D eigenvalue weighted by molar-refractivity contribution is 5.89. The molecule has 0 aliphatic heterocycles. The highest BCUT2D eigenvalue weighted by Crippen LogP contribution is 2.17. The van der Waals surface area contributed by atoms with E-state index >= 15 is 0 Å². The first-order valence-electron chi connectivity index (χ1n) is 6.60. The molecule has 1 N–H and O–H groups in total. The number of nitrogens with zero attached hydrogens (tertiary/aromatic N) is 1. The summed E-state index contributed by atoms with van der Waals surface area (Å²) in [6.45, 7) is 3.73. The van der Waals surface area contributed by atoms with Crippen LogP contribution in [0.4, 0.5) is 0 Å². The summed E-state index contributed by atoms with van der Waals surface area (Å²) in [7, 11) is 3.42. The van der Waals surface area contributed by atoms with Gasteiger partial charge in [0.2, 0.25) is 11.8 Å². The van der Waals surface area contributed by atoms with Gasteiger partial charge in [-0.1, -0.05) is 35.9 Å². The number of carbonyl (C=O) groups is 2. The maximum Gasteiger partial charge on any atom is 0.244 e. The monoisotopic (exact) mass is 274 g/mol. The number of nitrogens with one attached hydrogen (secondary N) is 1. The predicted octanol–water partition coefficient (Wildman–Crippen LogP) is 2.29. The molecule has 1 aromatic rings. The molecule has 108 valence electrons. The standard InChI is InChI=1S/C16H22N2O2/c1-12(2)10-15(19)17-14(11-16(20)18(3)4)13-8-6-5-7-9-13/h5-10,14H,11H2,1-4H3,(H,17,19)/t14-/m1/s1. The van der Waals surface area contributed by atoms with Crippen LogP contribution >= 0.6 is 0 Å². The third kappa shape index (κ3) is 5.26. The minimum absolute atomic E-state index is 0.0173. The number of rotatable bonds is 5. The minimum atomic E-state index is -0.311. The van der Waals surface area contributed by atoms with Crippen LogP contribution in [0.1, 0.15) is 31.9 Å². The highest BCUT2D eigenvalue weighted by Gasteiger charge is 2.18. The molecule has 1 atom stereocenters. The van der Waals surface area contributed by atoms with Gasteiger partial charge in [0.1, 0.15) is 0 Å². The Hall–Kier alpha value is -2.10. The van der Waals surface area contributed by atoms with E-state index in [1.54, 1.807) is 14.1 Å². The number of hydrogen-bond donors (Lipinski definition) is 1. The molecule has 1 rings (SSSR count). The fourth-order valence-electron chi connectivity index (χ4n) is 1.77. The van der Waals surface area contributed by atoms with Crippen LogP contribution in [0.5, 0.6) is 0 Å². The van der Waals surface area contributed by atoms with Gasteiger partial charge in [-0.3, -0.25) is 9.59 Å². The molecule has 0 aromatic heterocycles. The summed E-state index contributed by atoms with van der Waals surface area (Å²) in [4.78, 5) is 25.3. The molecule has 0 saturated carbocycles. The molecule has 0 heterocycles. The van der Waals surface area contributed by atoms with Gasteiger partial charge in [-0.25, -0.2) is 0 Å². The van der Waals surface area contributed by atoms with E-state index in [2.05, 4.69) is 5.32 Å². The Morgan fingerprint density at radius 2 is 1.80 bits per heavy atom. The highest BCUT2D eigenvalue weighted by atomic mass is 16.2. The summed E-state index contributed by atoms with van der Waals surface area (Å²) < 4.78 is 0. The molecule has 0 spiro atoms. The van der Waals surface area contributed by atoms with Gasteiger partial charge >= 0.3 is 0 Å². The van der Waals surface area contributed by atoms with Gasteiger partial charge < -0.3 is 10.2 Å². The Balaban J connectivity index is 2.88. The Kier molecular flexibility index (Phi) is 5.97. The number of benzene rings is 1. The van der Waals surface area contributed by atoms with Crippen LogP contribution in [0.25, 0.3) is 0 Å². The third-order valence-corrected chi connectivity index (χ3v) is 2.82. The van der Waals surface area contributed by atoms with E-state index in [0.717, 1.165) is 11.1 Å². The van der Waals surface area contributed by atoms with Crippen molar-refractivity contribution in [1.29, 1.82) is 0 Å². The largest absolute Gasteiger partial charge is 0.349 e. The molecule has 0 aliphatic rings. The third-order valence-electron chi connectivity index (χ3n) is 2.82. The molecule has 0 bridgehead atoms. The molecule has 2 amide bonds. The van der Waals surface area contributed by atoms with Gasteiger partial charge in [0.05, 0.1) is 12.5 Å². The lowest BCUT2D eigenvalue weighted by Crippen LogP contribution is -2.32. The SMILES string of the molecule is CC(C)=CC(=O)N[C@H](CC(=O)N(C)C)c1ccccc1. The summed E-state index contributed by atoms with van der Waals surface area (Å²) in [6, 6.07) is 9.22. The van der Waals surface area contributed by atoms with Crippen LogP contribution in [0, 0.1) is 0 Å². The topological polar surface area (TPSA) is 49.4 Å². The summed E-state index contributed by atoms with van der Waals surface area (Å²) in [6.07, 6.45) is 1.79. The van der Waals surface area contributed by atoms with Crippen molar-refractivity contribution >= 4 is 11.8 Å². The fourth-order valence-corrected chi connectivity index (χ4v) is 1.77. The van der Waals surface area contributed by atoms with Gasteiger partial charge in [0.25, 0.3) is 0 Å². The molecule has 0 unspecified atom stereocenters. The van der Waals surface area contributed by atoms with Crippen LogP contribution in [0.15, 0.2) is 42.0 Å². The molecule has 20 heavy (non-hydrogen) atoms. The van der Waals surface area contributed by atoms with Crippen molar-refractivity contribution in [3.8, 4) is 0 Å². The van der Waals surface area contributed by atoms with E-state index in [1.807, 2.05) is 44.2 Å². The van der Waals surface area contributed by atoms with Crippen molar-refractivity contribution < 1.29 is 9.59 Å². The van der Waals surface area contributed by atoms with Gasteiger partial charge in [-0.15, -0.1) is 0 Å². The average Bonchev–Trinajstić information content (AvgIpc) is 2.37. The first kappa shape index (κ1) is 16.0. The molecular weight excluding hydrogens is 252 g/mol. The molecule has 4 heteroatoms. The smallest absolute Gasteiger partial charge is 0.244 e. The maximum atomic E-state index is 11.9. The molecule has 4 nitrogen and oxygen atoms in total. The van der Waals surface area contributed by atoms with E-state index in [0.29, 0.717) is 0 Å². The lowest BCUT2D eigenvalue weighted by molar-refractivity contribution is -0.129. The Labute approximate surface area is 120 Å². The van der Waals surface area contributed by atoms with E-state index in [-0.39, 0.29) is 24.3 Å². The van der Waals surface area contributed by atoms with Crippen molar-refractivity contribution in [2.45, 2.75) is 26.3 Å². The van der Waals surface area contributed by atoms with Crippen LogP contribution in [-0.2, 0) is 9.59 Å². The lowest BCUT2D eigenvalue weighted by Gasteiger charge is -2.20. The second-order valence-electron chi connectivity index (χ2n) is 5.19. The predicted molar refractivity (Wildman–Crippen MR) is 80.1 cm³/mol. The first-order chi connectivity index (χ1) is 9.40. The number of hydrogen-bond acceptors (Lipinski definition) is 2. The number of allylic oxidation sites excluding steroid dienone is 1. The quantitative estimate of drug-likeness (QED) is 0.837. The summed E-state index contributed by atoms with van der Waals surface area (Å²) >= 11 is 0. The van der Waals surface area contributed by atoms with E-state index in [4.69, 9.17) is 0 Å². The zero-order valence-electron chi connectivity index (χ0n) is 12.5. The van der Waals surface area contributed by atoms with Crippen LogP contribution in [0.3, 0.4) is 0 Å². The maximum absolute atomic E-state index is 11.9. The van der Waals surface area contributed by atoms with Crippen LogP contribution < -0.4 is 5.32 Å². The van der Waals surface area contributed by atoms with Crippen molar-refractivity contribution in [2.75, 3.05) is 14.1 Å². The van der Waals surface area contributed by atoms with Crippen molar-refractivity contribution in [3.63, 3.8) is 0 Å². The summed E-state index contributed by atoms with van der Waals surface area (Å²) in [5.74, 6) is -0.193. The number of amides is 2. The molecule has 0 aliphatic carbocycles. The molecule has 0 saturated heterocycles. The summed E-state index contributed by atoms with van der Waals surface area (Å²) in [5, 5.41) is 2.89. The molecule has 0 fully saturated rings. The second kappa shape index (κ2) is 7.48. The van der Waals surface area contributed by atoms with Crippen LogP contribution in [-0.4, -0.2) is 30.8 Å². The lowest BCUT2D eigenvalue weighted by atomic mass is 10.0. The van der Waals surface area contributed by atoms with Gasteiger partial charge in [0.15, 0.2) is 0 Å². The second-order valence-corrected chi connectivity index (χ2v) is 5.19. The summed E-state index contributed by atoms with van der Waals surface area (Å²) in [5.41, 5.74) is 1.85. The Morgan fingerprint density at radius 1 is 1.20 bits per heavy atom. The van der Waals surface area contributed by atoms with Crippen molar-refractivity contribution in [1.82, 2.24) is 10.2 Å². The van der Waals surface area contributed by atoms with E-state index in [9.17, 15) is 9.59 Å². The van der Waals surface area contributed by atoms with Crippen molar-refractivity contribution in [2.24, 2.45) is 0 Å². The molecule has 1 aromatic carbocycles. The van der Waals surface area contributed by atoms with Gasteiger partial charge in [-0.05, 0) is 19.4 Å². The van der Waals surface area contributed by atoms with Crippen LogP contribution in [0.2, 0.25) is 0 Å². The Bertz CT molecular complexity index is 488. The van der Waals surface area contributed by atoms with E-state index in [1.165, 1.54) is 11.0 Å². The zero-order chi connectivity index (χ0) is 15.1. The molecule has 0 radical (unpaired) electrons. The zero-order valence-corrected chi connectivity index (χ0v) is 12.5.